The number of rotatable bonds is 3. The van der Waals surface area contributed by atoms with Crippen molar-refractivity contribution in [3.8, 4) is 5.75 Å². The zero-order valence-electron chi connectivity index (χ0n) is 10.9. The van der Waals surface area contributed by atoms with Crippen molar-refractivity contribution in [1.82, 2.24) is 9.97 Å². The van der Waals surface area contributed by atoms with Gasteiger partial charge in [0.1, 0.15) is 12.4 Å². The summed E-state index contributed by atoms with van der Waals surface area (Å²) in [5.41, 5.74) is 0.506. The average Bonchev–Trinajstić information content (AvgIpc) is 2.47. The maximum Gasteiger partial charge on any atom is 0.326 e. The van der Waals surface area contributed by atoms with E-state index in [2.05, 4.69) is 25.9 Å². The van der Waals surface area contributed by atoms with Crippen molar-refractivity contribution in [3.63, 3.8) is 0 Å². The molecule has 2 aromatic carbocycles. The number of nitrogens with one attached hydrogen (secondary N) is 2. The predicted molar refractivity (Wildman–Crippen MR) is 83.7 cm³/mol. The predicted octanol–water partition coefficient (Wildman–Crippen LogP) is 2.56. The fourth-order valence-electron chi connectivity index (χ4n) is 2.01. The van der Waals surface area contributed by atoms with Crippen LogP contribution in [-0.4, -0.2) is 9.97 Å². The molecule has 0 spiro atoms. The number of ether oxygens (including phenoxy) is 1. The van der Waals surface area contributed by atoms with Gasteiger partial charge in [0.2, 0.25) is 0 Å². The molecule has 2 N–H and O–H groups in total. The molecule has 0 radical (unpaired) electrons. The van der Waals surface area contributed by atoms with Crippen LogP contribution >= 0.6 is 15.9 Å². The Hall–Kier alpha value is -2.34. The van der Waals surface area contributed by atoms with Crippen LogP contribution in [0.25, 0.3) is 10.9 Å². The van der Waals surface area contributed by atoms with Crippen LogP contribution in [-0.2, 0) is 6.61 Å². The molecule has 1 aromatic heterocycles. The highest BCUT2D eigenvalue weighted by Gasteiger charge is 2.08. The van der Waals surface area contributed by atoms with E-state index in [1.165, 1.54) is 0 Å². The highest BCUT2D eigenvalue weighted by atomic mass is 79.9. The van der Waals surface area contributed by atoms with Crippen LogP contribution < -0.4 is 16.0 Å². The van der Waals surface area contributed by atoms with Crippen molar-refractivity contribution in [3.05, 3.63) is 73.3 Å². The second kappa shape index (κ2) is 5.57. The summed E-state index contributed by atoms with van der Waals surface area (Å²) in [5.74, 6) is 0.563. The van der Waals surface area contributed by atoms with Crippen LogP contribution in [0.15, 0.2) is 56.5 Å². The maximum absolute atomic E-state index is 11.7. The number of hydrogen-bond acceptors (Lipinski definition) is 3. The highest BCUT2D eigenvalue weighted by Crippen LogP contribution is 2.28. The number of aromatic nitrogens is 2. The van der Waals surface area contributed by atoms with Crippen molar-refractivity contribution in [2.75, 3.05) is 0 Å². The first-order valence-electron chi connectivity index (χ1n) is 6.26. The molecular formula is C15H11BrN2O3. The Morgan fingerprint density at radius 3 is 2.57 bits per heavy atom. The Morgan fingerprint density at radius 1 is 1.05 bits per heavy atom. The summed E-state index contributed by atoms with van der Waals surface area (Å²) in [6, 6.07) is 13.0. The van der Waals surface area contributed by atoms with Crippen LogP contribution in [0, 0.1) is 0 Å². The molecule has 0 aliphatic carbocycles. The number of fused-ring (bicyclic) bond motifs is 1. The van der Waals surface area contributed by atoms with E-state index < -0.39 is 11.2 Å². The quantitative estimate of drug-likeness (QED) is 0.765. The molecule has 0 fully saturated rings. The molecule has 106 valence electrons. The zero-order valence-corrected chi connectivity index (χ0v) is 12.4. The van der Waals surface area contributed by atoms with Crippen molar-refractivity contribution < 1.29 is 4.74 Å². The first-order valence-corrected chi connectivity index (χ1v) is 7.05. The maximum atomic E-state index is 11.7. The first kappa shape index (κ1) is 13.6. The van der Waals surface area contributed by atoms with Gasteiger partial charge in [0, 0.05) is 6.07 Å². The summed E-state index contributed by atoms with van der Waals surface area (Å²) in [7, 11) is 0. The summed E-state index contributed by atoms with van der Waals surface area (Å²) in [4.78, 5) is 27.8. The third-order valence-corrected chi connectivity index (χ3v) is 3.65. The molecule has 0 aliphatic heterocycles. The normalized spacial score (nSPS) is 10.7. The standard InChI is InChI=1S/C15H11BrN2O3/c16-11-6-10-12(17-15(20)18-14(10)19)7-13(11)21-8-9-4-2-1-3-5-9/h1-7H,8H2,(H2,17,18,19,20). The van der Waals surface area contributed by atoms with Crippen molar-refractivity contribution in [2.45, 2.75) is 6.61 Å². The van der Waals surface area contributed by atoms with Gasteiger partial charge in [0.05, 0.1) is 15.4 Å². The number of hydrogen-bond donors (Lipinski definition) is 2. The molecule has 0 atom stereocenters. The molecule has 0 aliphatic rings. The van der Waals surface area contributed by atoms with E-state index in [1.54, 1.807) is 12.1 Å². The summed E-state index contributed by atoms with van der Waals surface area (Å²) in [5, 5.41) is 0.397. The number of benzene rings is 2. The fourth-order valence-corrected chi connectivity index (χ4v) is 2.47. The van der Waals surface area contributed by atoms with Crippen LogP contribution in [0.5, 0.6) is 5.75 Å². The number of H-pyrrole nitrogens is 2. The molecule has 5 nitrogen and oxygen atoms in total. The molecule has 21 heavy (non-hydrogen) atoms. The van der Waals surface area contributed by atoms with Gasteiger partial charge in [-0.05, 0) is 27.6 Å². The molecule has 1 heterocycles. The molecule has 0 bridgehead atoms. The molecule has 6 heteroatoms. The van der Waals surface area contributed by atoms with Gasteiger partial charge in [0.25, 0.3) is 5.56 Å². The van der Waals surface area contributed by atoms with Gasteiger partial charge in [0.15, 0.2) is 0 Å². The number of halogens is 1. The van der Waals surface area contributed by atoms with E-state index in [-0.39, 0.29) is 0 Å². The Bertz CT molecular complexity index is 900. The Labute approximate surface area is 127 Å². The van der Waals surface area contributed by atoms with E-state index >= 15 is 0 Å². The lowest BCUT2D eigenvalue weighted by atomic mass is 10.2. The Morgan fingerprint density at radius 2 is 1.81 bits per heavy atom. The highest BCUT2D eigenvalue weighted by molar-refractivity contribution is 9.10. The largest absolute Gasteiger partial charge is 0.488 e. The van der Waals surface area contributed by atoms with Gasteiger partial charge >= 0.3 is 5.69 Å². The number of aromatic amines is 2. The van der Waals surface area contributed by atoms with E-state index in [0.717, 1.165) is 5.56 Å². The fraction of sp³-hybridized carbons (Fsp3) is 0.0667. The molecule has 0 saturated heterocycles. The summed E-state index contributed by atoms with van der Waals surface area (Å²) in [6.45, 7) is 0.401. The van der Waals surface area contributed by atoms with Gasteiger partial charge < -0.3 is 9.72 Å². The van der Waals surface area contributed by atoms with E-state index in [1.807, 2.05) is 30.3 Å². The van der Waals surface area contributed by atoms with Gasteiger partial charge in [-0.25, -0.2) is 4.79 Å². The summed E-state index contributed by atoms with van der Waals surface area (Å²) < 4.78 is 6.39. The molecule has 3 aromatic rings. The monoisotopic (exact) mass is 346 g/mol. The molecule has 0 unspecified atom stereocenters. The van der Waals surface area contributed by atoms with E-state index in [9.17, 15) is 9.59 Å². The molecule has 0 saturated carbocycles. The van der Waals surface area contributed by atoms with Crippen molar-refractivity contribution >= 4 is 26.8 Å². The minimum absolute atomic E-state index is 0.397. The lowest BCUT2D eigenvalue weighted by molar-refractivity contribution is 0.304. The van der Waals surface area contributed by atoms with Gasteiger partial charge in [-0.3, -0.25) is 9.78 Å². The van der Waals surface area contributed by atoms with Gasteiger partial charge in [-0.1, -0.05) is 30.3 Å². The molecular weight excluding hydrogens is 336 g/mol. The topological polar surface area (TPSA) is 74.9 Å². The Balaban J connectivity index is 1.97. The van der Waals surface area contributed by atoms with Crippen LogP contribution in [0.2, 0.25) is 0 Å². The lowest BCUT2D eigenvalue weighted by Crippen LogP contribution is -2.21. The second-order valence-corrected chi connectivity index (χ2v) is 5.37. The van der Waals surface area contributed by atoms with E-state index in [0.29, 0.717) is 27.7 Å². The molecule has 3 rings (SSSR count). The Kier molecular flexibility index (Phi) is 3.62. The van der Waals surface area contributed by atoms with Gasteiger partial charge in [-0.15, -0.1) is 0 Å². The first-order chi connectivity index (χ1) is 10.1. The average molecular weight is 347 g/mol. The SMILES string of the molecule is O=c1[nH]c(=O)c2cc(Br)c(OCc3ccccc3)cc2[nH]1. The third kappa shape index (κ3) is 2.90. The third-order valence-electron chi connectivity index (χ3n) is 3.03. The van der Waals surface area contributed by atoms with Crippen LogP contribution in [0.3, 0.4) is 0 Å². The smallest absolute Gasteiger partial charge is 0.326 e. The lowest BCUT2D eigenvalue weighted by Gasteiger charge is -2.09. The van der Waals surface area contributed by atoms with Gasteiger partial charge in [-0.2, -0.15) is 0 Å². The van der Waals surface area contributed by atoms with Crippen molar-refractivity contribution in [2.24, 2.45) is 0 Å². The summed E-state index contributed by atoms with van der Waals surface area (Å²) >= 11 is 3.37. The summed E-state index contributed by atoms with van der Waals surface area (Å²) in [6.07, 6.45) is 0. The second-order valence-electron chi connectivity index (χ2n) is 4.51. The zero-order chi connectivity index (χ0) is 14.8. The van der Waals surface area contributed by atoms with Crippen molar-refractivity contribution in [1.29, 1.82) is 0 Å². The minimum atomic E-state index is -0.538. The van der Waals surface area contributed by atoms with Crippen LogP contribution in [0.4, 0.5) is 0 Å². The minimum Gasteiger partial charge on any atom is -0.488 e. The van der Waals surface area contributed by atoms with E-state index in [4.69, 9.17) is 4.74 Å². The molecule has 0 amide bonds. The van der Waals surface area contributed by atoms with Crippen LogP contribution in [0.1, 0.15) is 5.56 Å².